The van der Waals surface area contributed by atoms with E-state index in [1.54, 1.807) is 13.8 Å². The van der Waals surface area contributed by atoms with Crippen LogP contribution in [-0.4, -0.2) is 6.98 Å². The van der Waals surface area contributed by atoms with Crippen LogP contribution < -0.4 is 51.4 Å². The number of hydrogen-bond acceptors (Lipinski definition) is 0. The first-order chi connectivity index (χ1) is 4.34. The fourth-order valence-corrected chi connectivity index (χ4v) is 0.635. The standard InChI is InChI=1S/C6H11BF3.K/c1-5(2)4-6(3)7(8,9)10;/h4-5H,1-3H3;/q-1;+1/b6-4+;. The van der Waals surface area contributed by atoms with Gasteiger partial charge in [0.05, 0.1) is 0 Å². The van der Waals surface area contributed by atoms with Crippen LogP contribution in [0.4, 0.5) is 12.9 Å². The van der Waals surface area contributed by atoms with E-state index in [4.69, 9.17) is 0 Å². The summed E-state index contributed by atoms with van der Waals surface area (Å²) < 4.78 is 35.4. The normalized spacial score (nSPS) is 13.2. The molecular weight excluding hydrogens is 179 g/mol. The molecule has 0 aliphatic rings. The van der Waals surface area contributed by atoms with Crippen molar-refractivity contribution in [1.29, 1.82) is 0 Å². The molecule has 0 bridgehead atoms. The quantitative estimate of drug-likeness (QED) is 0.537. The van der Waals surface area contributed by atoms with E-state index in [2.05, 4.69) is 0 Å². The Morgan fingerprint density at radius 3 is 1.73 bits per heavy atom. The summed E-state index contributed by atoms with van der Waals surface area (Å²) in [5.74, 6) is -0.0245. The number of rotatable bonds is 2. The van der Waals surface area contributed by atoms with Gasteiger partial charge in [0.1, 0.15) is 0 Å². The summed E-state index contributed by atoms with van der Waals surface area (Å²) in [5.41, 5.74) is -0.449. The Labute approximate surface area is 108 Å². The van der Waals surface area contributed by atoms with Gasteiger partial charge in [0, 0.05) is 0 Å². The zero-order valence-electron chi connectivity index (χ0n) is 7.37. The average Bonchev–Trinajstić information content (AvgIpc) is 1.60. The van der Waals surface area contributed by atoms with E-state index in [-0.39, 0.29) is 57.3 Å². The van der Waals surface area contributed by atoms with Crippen molar-refractivity contribution in [2.24, 2.45) is 5.92 Å². The minimum atomic E-state index is -4.74. The zero-order chi connectivity index (χ0) is 8.36. The fraction of sp³-hybridized carbons (Fsp3) is 0.667. The van der Waals surface area contributed by atoms with Crippen LogP contribution in [0.15, 0.2) is 11.5 Å². The molecule has 0 aromatic heterocycles. The van der Waals surface area contributed by atoms with Crippen molar-refractivity contribution in [3.8, 4) is 0 Å². The van der Waals surface area contributed by atoms with E-state index in [1.165, 1.54) is 6.08 Å². The van der Waals surface area contributed by atoms with Crippen molar-refractivity contribution in [2.45, 2.75) is 20.8 Å². The molecule has 0 fully saturated rings. The SMILES string of the molecule is C/C(=C\C(C)C)[B-](F)(F)F.[K+]. The summed E-state index contributed by atoms with van der Waals surface area (Å²) in [6, 6.07) is 0. The van der Waals surface area contributed by atoms with Gasteiger partial charge in [-0.15, -0.1) is 11.5 Å². The van der Waals surface area contributed by atoms with Crippen molar-refractivity contribution < 1.29 is 64.3 Å². The molecule has 0 rings (SSSR count). The third-order valence-electron chi connectivity index (χ3n) is 1.11. The molecule has 0 N–H and O–H groups in total. The Bertz CT molecular complexity index is 139. The first-order valence-electron chi connectivity index (χ1n) is 3.22. The Hall–Kier alpha value is 1.23. The molecule has 60 valence electrons. The number of halogens is 3. The van der Waals surface area contributed by atoms with Crippen molar-refractivity contribution in [2.75, 3.05) is 0 Å². The summed E-state index contributed by atoms with van der Waals surface area (Å²) in [6.45, 7) is -0.174. The van der Waals surface area contributed by atoms with Crippen LogP contribution in [0.3, 0.4) is 0 Å². The van der Waals surface area contributed by atoms with Gasteiger partial charge in [0.2, 0.25) is 0 Å². The Kier molecular flexibility index (Phi) is 7.78. The van der Waals surface area contributed by atoms with Gasteiger partial charge in [-0.25, -0.2) is 0 Å². The van der Waals surface area contributed by atoms with Gasteiger partial charge in [-0.1, -0.05) is 20.8 Å². The summed E-state index contributed by atoms with van der Waals surface area (Å²) in [6.07, 6.45) is 1.24. The molecule has 0 saturated heterocycles. The van der Waals surface area contributed by atoms with Gasteiger partial charge in [-0.3, -0.25) is 0 Å². The Balaban J connectivity index is 0. The van der Waals surface area contributed by atoms with Crippen LogP contribution in [0.2, 0.25) is 0 Å². The van der Waals surface area contributed by atoms with E-state index in [9.17, 15) is 12.9 Å². The fourth-order valence-electron chi connectivity index (χ4n) is 0.635. The topological polar surface area (TPSA) is 0 Å². The molecule has 0 amide bonds. The third-order valence-corrected chi connectivity index (χ3v) is 1.11. The molecule has 0 heterocycles. The minimum absolute atomic E-state index is 0. The predicted octanol–water partition coefficient (Wildman–Crippen LogP) is -0.0207. The molecule has 0 spiro atoms. The summed E-state index contributed by atoms with van der Waals surface area (Å²) in [5, 5.41) is 0. The first kappa shape index (κ1) is 14.7. The minimum Gasteiger partial charge on any atom is -0.445 e. The van der Waals surface area contributed by atoms with Crippen molar-refractivity contribution in [3.05, 3.63) is 11.5 Å². The second-order valence-corrected chi connectivity index (χ2v) is 2.73. The molecule has 0 unspecified atom stereocenters. The van der Waals surface area contributed by atoms with E-state index >= 15 is 0 Å². The summed E-state index contributed by atoms with van der Waals surface area (Å²) >= 11 is 0. The molecule has 5 heteroatoms. The van der Waals surface area contributed by atoms with Gasteiger partial charge in [0.15, 0.2) is 0 Å². The molecule has 0 aromatic carbocycles. The molecule has 0 nitrogen and oxygen atoms in total. The largest absolute Gasteiger partial charge is 1.00 e. The third kappa shape index (κ3) is 7.59. The monoisotopic (exact) mass is 190 g/mol. The average molecular weight is 190 g/mol. The summed E-state index contributed by atoms with van der Waals surface area (Å²) in [4.78, 5) is 0. The second-order valence-electron chi connectivity index (χ2n) is 2.73. The van der Waals surface area contributed by atoms with Crippen LogP contribution in [-0.2, 0) is 0 Å². The molecule has 0 aliphatic heterocycles. The van der Waals surface area contributed by atoms with Crippen molar-refractivity contribution in [3.63, 3.8) is 0 Å². The van der Waals surface area contributed by atoms with Gasteiger partial charge in [-0.05, 0) is 5.92 Å². The van der Waals surface area contributed by atoms with Crippen LogP contribution >= 0.6 is 0 Å². The van der Waals surface area contributed by atoms with Crippen LogP contribution in [0.25, 0.3) is 0 Å². The molecule has 0 aliphatic carbocycles. The molecule has 11 heavy (non-hydrogen) atoms. The number of allylic oxidation sites excluding steroid dienone is 2. The van der Waals surface area contributed by atoms with Crippen LogP contribution in [0, 0.1) is 5.92 Å². The second kappa shape index (κ2) is 5.81. The van der Waals surface area contributed by atoms with Crippen molar-refractivity contribution >= 4 is 6.98 Å². The van der Waals surface area contributed by atoms with E-state index in [0.29, 0.717) is 0 Å². The Morgan fingerprint density at radius 1 is 1.27 bits per heavy atom. The first-order valence-corrected chi connectivity index (χ1v) is 3.22. The molecule has 0 atom stereocenters. The predicted molar refractivity (Wildman–Crippen MR) is 37.7 cm³/mol. The van der Waals surface area contributed by atoms with Gasteiger partial charge in [0.25, 0.3) is 0 Å². The van der Waals surface area contributed by atoms with Gasteiger partial charge in [-0.2, -0.15) is 0 Å². The smallest absolute Gasteiger partial charge is 0.445 e. The molecule has 0 aromatic rings. The molecule has 0 radical (unpaired) electrons. The maximum atomic E-state index is 11.8. The summed E-state index contributed by atoms with van der Waals surface area (Å²) in [7, 11) is 0. The molecular formula is C6H11BF3K. The van der Waals surface area contributed by atoms with Gasteiger partial charge < -0.3 is 12.9 Å². The van der Waals surface area contributed by atoms with Crippen molar-refractivity contribution in [1.82, 2.24) is 0 Å². The van der Waals surface area contributed by atoms with E-state index < -0.39 is 12.4 Å². The number of hydrogen-bond donors (Lipinski definition) is 0. The Morgan fingerprint density at radius 2 is 1.64 bits per heavy atom. The van der Waals surface area contributed by atoms with Gasteiger partial charge >= 0.3 is 58.4 Å². The van der Waals surface area contributed by atoms with Crippen LogP contribution in [0.1, 0.15) is 20.8 Å². The van der Waals surface area contributed by atoms with Crippen LogP contribution in [0.5, 0.6) is 0 Å². The van der Waals surface area contributed by atoms with E-state index in [1.807, 2.05) is 0 Å². The molecule has 0 saturated carbocycles. The van der Waals surface area contributed by atoms with E-state index in [0.717, 1.165) is 6.92 Å². The zero-order valence-corrected chi connectivity index (χ0v) is 10.5. The maximum absolute atomic E-state index is 11.8. The maximum Gasteiger partial charge on any atom is 1.00 e.